The number of hydrogen-bond donors (Lipinski definition) is 1. The van der Waals surface area contributed by atoms with E-state index in [-0.39, 0.29) is 11.9 Å². The fourth-order valence-electron chi connectivity index (χ4n) is 1.83. The zero-order valence-electron chi connectivity index (χ0n) is 10.3. The molecule has 6 heteroatoms. The second kappa shape index (κ2) is 4.64. The van der Waals surface area contributed by atoms with Gasteiger partial charge < -0.3 is 5.32 Å². The van der Waals surface area contributed by atoms with E-state index in [1.54, 1.807) is 18.5 Å². The fourth-order valence-corrected chi connectivity index (χ4v) is 1.83. The van der Waals surface area contributed by atoms with Crippen molar-refractivity contribution in [1.82, 2.24) is 19.6 Å². The van der Waals surface area contributed by atoms with Gasteiger partial charge in [-0.3, -0.25) is 4.98 Å². The molecule has 3 aromatic rings. The Balaban J connectivity index is 1.85. The van der Waals surface area contributed by atoms with Gasteiger partial charge in [-0.25, -0.2) is 8.91 Å². The number of rotatable bonds is 3. The average molecular weight is 257 g/mol. The van der Waals surface area contributed by atoms with Crippen LogP contribution in [-0.2, 0) is 0 Å². The summed E-state index contributed by atoms with van der Waals surface area (Å²) in [5.41, 5.74) is 1.63. The zero-order valence-corrected chi connectivity index (χ0v) is 10.3. The summed E-state index contributed by atoms with van der Waals surface area (Å²) in [7, 11) is 0. The number of nitrogens with zero attached hydrogens (tertiary/aromatic N) is 4. The Labute approximate surface area is 109 Å². The van der Waals surface area contributed by atoms with Crippen molar-refractivity contribution >= 4 is 11.6 Å². The Hall–Kier alpha value is -2.50. The van der Waals surface area contributed by atoms with Crippen LogP contribution in [0.5, 0.6) is 0 Å². The maximum atomic E-state index is 13.1. The largest absolute Gasteiger partial charge is 0.346 e. The summed E-state index contributed by atoms with van der Waals surface area (Å²) < 4.78 is 14.5. The van der Waals surface area contributed by atoms with Crippen molar-refractivity contribution in [3.63, 3.8) is 0 Å². The van der Waals surface area contributed by atoms with Crippen molar-refractivity contribution in [1.29, 1.82) is 0 Å². The molecule has 3 heterocycles. The number of anilines is 1. The summed E-state index contributed by atoms with van der Waals surface area (Å²) in [6.45, 7) is 1.99. The lowest BCUT2D eigenvalue weighted by molar-refractivity contribution is 0.614. The number of aromatic nitrogens is 4. The predicted molar refractivity (Wildman–Crippen MR) is 69.2 cm³/mol. The number of nitrogens with one attached hydrogen (secondary N) is 1. The average Bonchev–Trinajstić information content (AvgIpc) is 2.81. The summed E-state index contributed by atoms with van der Waals surface area (Å²) >= 11 is 0. The maximum absolute atomic E-state index is 13.1. The SMILES string of the molecule is CC(Nc1nc2ccc(F)cn2n1)c1cccnc1. The summed E-state index contributed by atoms with van der Waals surface area (Å²) in [6, 6.07) is 6.82. The number of fused-ring (bicyclic) bond motifs is 1. The molecule has 0 aliphatic carbocycles. The highest BCUT2D eigenvalue weighted by atomic mass is 19.1. The highest BCUT2D eigenvalue weighted by Gasteiger charge is 2.09. The minimum atomic E-state index is -0.343. The van der Waals surface area contributed by atoms with E-state index in [9.17, 15) is 4.39 Å². The third-order valence-electron chi connectivity index (χ3n) is 2.82. The topological polar surface area (TPSA) is 55.1 Å². The van der Waals surface area contributed by atoms with E-state index in [1.165, 1.54) is 16.8 Å². The second-order valence-corrected chi connectivity index (χ2v) is 4.24. The lowest BCUT2D eigenvalue weighted by atomic mass is 10.1. The molecule has 1 N–H and O–H groups in total. The van der Waals surface area contributed by atoms with Gasteiger partial charge in [0.05, 0.1) is 12.2 Å². The molecular formula is C13H12FN5. The highest BCUT2D eigenvalue weighted by Crippen LogP contribution is 2.16. The molecule has 1 atom stereocenters. The van der Waals surface area contributed by atoms with Crippen LogP contribution in [0, 0.1) is 5.82 Å². The summed E-state index contributed by atoms with van der Waals surface area (Å²) in [5.74, 6) is 0.117. The van der Waals surface area contributed by atoms with Crippen LogP contribution < -0.4 is 5.32 Å². The Bertz CT molecular complexity index is 695. The van der Waals surface area contributed by atoms with E-state index in [4.69, 9.17) is 0 Å². The van der Waals surface area contributed by atoms with E-state index < -0.39 is 0 Å². The van der Waals surface area contributed by atoms with Crippen molar-refractivity contribution in [2.24, 2.45) is 0 Å². The molecule has 3 rings (SSSR count). The van der Waals surface area contributed by atoms with E-state index in [0.717, 1.165) is 5.56 Å². The third-order valence-corrected chi connectivity index (χ3v) is 2.82. The molecule has 96 valence electrons. The van der Waals surface area contributed by atoms with Gasteiger partial charge in [0.15, 0.2) is 5.65 Å². The first-order valence-electron chi connectivity index (χ1n) is 5.91. The smallest absolute Gasteiger partial charge is 0.243 e. The van der Waals surface area contributed by atoms with Crippen molar-refractivity contribution in [2.45, 2.75) is 13.0 Å². The van der Waals surface area contributed by atoms with E-state index in [2.05, 4.69) is 20.4 Å². The number of pyridine rings is 2. The van der Waals surface area contributed by atoms with Crippen LogP contribution in [0.25, 0.3) is 5.65 Å². The molecule has 5 nitrogen and oxygen atoms in total. The quantitative estimate of drug-likeness (QED) is 0.783. The lowest BCUT2D eigenvalue weighted by Crippen LogP contribution is -2.08. The van der Waals surface area contributed by atoms with Crippen LogP contribution in [0.4, 0.5) is 10.3 Å². The molecular weight excluding hydrogens is 245 g/mol. The number of halogens is 1. The van der Waals surface area contributed by atoms with Gasteiger partial charge in [-0.05, 0) is 30.7 Å². The minimum Gasteiger partial charge on any atom is -0.346 e. The first-order valence-corrected chi connectivity index (χ1v) is 5.91. The van der Waals surface area contributed by atoms with E-state index >= 15 is 0 Å². The molecule has 0 spiro atoms. The van der Waals surface area contributed by atoms with Gasteiger partial charge in [0.2, 0.25) is 5.95 Å². The Morgan fingerprint density at radius 1 is 1.32 bits per heavy atom. The monoisotopic (exact) mass is 257 g/mol. The van der Waals surface area contributed by atoms with Crippen LogP contribution in [0.1, 0.15) is 18.5 Å². The van der Waals surface area contributed by atoms with E-state index in [0.29, 0.717) is 11.6 Å². The minimum absolute atomic E-state index is 0.0240. The fraction of sp³-hybridized carbons (Fsp3) is 0.154. The van der Waals surface area contributed by atoms with Gasteiger partial charge in [0.1, 0.15) is 5.82 Å². The van der Waals surface area contributed by atoms with Crippen molar-refractivity contribution < 1.29 is 4.39 Å². The summed E-state index contributed by atoms with van der Waals surface area (Å²) in [4.78, 5) is 8.34. The van der Waals surface area contributed by atoms with Gasteiger partial charge in [0, 0.05) is 12.4 Å². The third kappa shape index (κ3) is 2.37. The van der Waals surface area contributed by atoms with Crippen LogP contribution >= 0.6 is 0 Å². The van der Waals surface area contributed by atoms with Gasteiger partial charge in [-0.15, -0.1) is 5.10 Å². The molecule has 0 saturated carbocycles. The molecule has 1 unspecified atom stereocenters. The molecule has 19 heavy (non-hydrogen) atoms. The van der Waals surface area contributed by atoms with Crippen molar-refractivity contribution in [3.8, 4) is 0 Å². The van der Waals surface area contributed by atoms with Crippen LogP contribution in [0.3, 0.4) is 0 Å². The molecule has 0 aliphatic heterocycles. The second-order valence-electron chi connectivity index (χ2n) is 4.24. The predicted octanol–water partition coefficient (Wildman–Crippen LogP) is 2.44. The van der Waals surface area contributed by atoms with Gasteiger partial charge >= 0.3 is 0 Å². The van der Waals surface area contributed by atoms with Gasteiger partial charge in [-0.1, -0.05) is 6.07 Å². The van der Waals surface area contributed by atoms with Crippen LogP contribution in [0.2, 0.25) is 0 Å². The summed E-state index contributed by atoms with van der Waals surface area (Å²) in [6.07, 6.45) is 4.80. The van der Waals surface area contributed by atoms with Crippen molar-refractivity contribution in [3.05, 3.63) is 54.2 Å². The standard InChI is InChI=1S/C13H12FN5/c1-9(10-3-2-6-15-7-10)16-13-17-12-5-4-11(14)8-19(12)18-13/h2-9H,1H3,(H,16,18). The number of hydrogen-bond acceptors (Lipinski definition) is 4. The van der Waals surface area contributed by atoms with E-state index in [1.807, 2.05) is 19.1 Å². The zero-order chi connectivity index (χ0) is 13.2. The molecule has 0 fully saturated rings. The molecule has 0 amide bonds. The Morgan fingerprint density at radius 3 is 3.00 bits per heavy atom. The summed E-state index contributed by atoms with van der Waals surface area (Å²) in [5, 5.41) is 7.33. The van der Waals surface area contributed by atoms with Crippen LogP contribution in [0.15, 0.2) is 42.9 Å². The van der Waals surface area contributed by atoms with Crippen molar-refractivity contribution in [2.75, 3.05) is 5.32 Å². The highest BCUT2D eigenvalue weighted by molar-refractivity contribution is 5.44. The molecule has 0 saturated heterocycles. The molecule has 3 aromatic heterocycles. The molecule has 0 aliphatic rings. The van der Waals surface area contributed by atoms with Crippen LogP contribution in [-0.4, -0.2) is 19.6 Å². The Morgan fingerprint density at radius 2 is 2.21 bits per heavy atom. The Kier molecular flexibility index (Phi) is 2.83. The normalized spacial score (nSPS) is 12.5. The van der Waals surface area contributed by atoms with Gasteiger partial charge in [0.25, 0.3) is 0 Å². The molecule has 0 radical (unpaired) electrons. The van der Waals surface area contributed by atoms with Gasteiger partial charge in [-0.2, -0.15) is 4.98 Å². The molecule has 0 bridgehead atoms. The molecule has 0 aromatic carbocycles. The maximum Gasteiger partial charge on any atom is 0.243 e. The lowest BCUT2D eigenvalue weighted by Gasteiger charge is -2.11. The first kappa shape index (κ1) is 11.6. The first-order chi connectivity index (χ1) is 9.22.